The van der Waals surface area contributed by atoms with Gasteiger partial charge >= 0.3 is 0 Å². The van der Waals surface area contributed by atoms with E-state index in [4.69, 9.17) is 9.72 Å². The van der Waals surface area contributed by atoms with Crippen LogP contribution >= 0.6 is 12.4 Å². The molecule has 1 aromatic heterocycles. The number of carbonyl (C=O) groups is 1. The van der Waals surface area contributed by atoms with Gasteiger partial charge in [-0.3, -0.25) is 14.6 Å². The van der Waals surface area contributed by atoms with Crippen LogP contribution in [0.5, 0.6) is 0 Å². The summed E-state index contributed by atoms with van der Waals surface area (Å²) >= 11 is 0. The topological polar surface area (TPSA) is 90.6 Å². The van der Waals surface area contributed by atoms with Gasteiger partial charge < -0.3 is 19.9 Å². The number of fused-ring (bicyclic) bond motifs is 2. The average molecular weight is 438 g/mol. The maximum Gasteiger partial charge on any atom is 0.255 e. The Hall–Kier alpha value is -1.64. The molecule has 2 N–H and O–H groups in total. The molecule has 1 aliphatic carbocycles. The molecule has 4 aliphatic rings. The first kappa shape index (κ1) is 21.6. The summed E-state index contributed by atoms with van der Waals surface area (Å²) in [6.45, 7) is 5.31. The molecule has 0 radical (unpaired) electrons. The maximum absolute atomic E-state index is 12.9. The van der Waals surface area contributed by atoms with Gasteiger partial charge in [0.15, 0.2) is 0 Å². The van der Waals surface area contributed by atoms with E-state index in [9.17, 15) is 9.59 Å². The number of halogens is 1. The summed E-state index contributed by atoms with van der Waals surface area (Å²) in [5.74, 6) is 0.939. The lowest BCUT2D eigenvalue weighted by Gasteiger charge is -2.41. The fraction of sp³-hybridized carbons (Fsp3) is 0.762. The van der Waals surface area contributed by atoms with Crippen LogP contribution in [0.25, 0.3) is 0 Å². The van der Waals surface area contributed by atoms with E-state index < -0.39 is 0 Å². The summed E-state index contributed by atoms with van der Waals surface area (Å²) in [5, 5.41) is 3.38. The van der Waals surface area contributed by atoms with Crippen LogP contribution in [-0.4, -0.2) is 72.8 Å². The largest absolute Gasteiger partial charge is 0.378 e. The van der Waals surface area contributed by atoms with Crippen molar-refractivity contribution in [1.82, 2.24) is 20.2 Å². The highest BCUT2D eigenvalue weighted by molar-refractivity contribution is 5.85. The predicted molar refractivity (Wildman–Crippen MR) is 117 cm³/mol. The third-order valence-electron chi connectivity index (χ3n) is 7.31. The molecular weight excluding hydrogens is 406 g/mol. The molecular formula is C21H32ClN5O3. The van der Waals surface area contributed by atoms with Crippen molar-refractivity contribution in [1.29, 1.82) is 0 Å². The van der Waals surface area contributed by atoms with Crippen LogP contribution in [0.1, 0.15) is 49.8 Å². The van der Waals surface area contributed by atoms with Gasteiger partial charge in [-0.05, 0) is 45.1 Å². The van der Waals surface area contributed by atoms with Crippen molar-refractivity contribution in [2.45, 2.75) is 56.4 Å². The van der Waals surface area contributed by atoms with Gasteiger partial charge in [0.2, 0.25) is 11.9 Å². The number of aromatic nitrogens is 2. The molecule has 9 heteroatoms. The summed E-state index contributed by atoms with van der Waals surface area (Å²) in [6.07, 6.45) is 6.80. The summed E-state index contributed by atoms with van der Waals surface area (Å²) < 4.78 is 5.43. The van der Waals surface area contributed by atoms with E-state index in [1.54, 1.807) is 0 Å². The predicted octanol–water partition coefficient (Wildman–Crippen LogP) is 0.977. The van der Waals surface area contributed by atoms with E-state index >= 15 is 0 Å². The number of carbonyl (C=O) groups excluding carboxylic acids is 1. The van der Waals surface area contributed by atoms with Crippen molar-refractivity contribution in [3.63, 3.8) is 0 Å². The number of morpholine rings is 1. The molecule has 4 heterocycles. The maximum atomic E-state index is 12.9. The normalized spacial score (nSPS) is 25.7. The number of H-pyrrole nitrogens is 1. The number of hydrogen-bond donors (Lipinski definition) is 2. The van der Waals surface area contributed by atoms with Crippen molar-refractivity contribution in [3.8, 4) is 0 Å². The van der Waals surface area contributed by atoms with Gasteiger partial charge in [0, 0.05) is 37.2 Å². The molecule has 0 aromatic carbocycles. The number of ether oxygens (including phenoxy) is 1. The Labute approximate surface area is 183 Å². The van der Waals surface area contributed by atoms with Crippen LogP contribution in [0, 0.1) is 0 Å². The van der Waals surface area contributed by atoms with Gasteiger partial charge in [0.05, 0.1) is 24.9 Å². The number of anilines is 1. The third-order valence-corrected chi connectivity index (χ3v) is 7.31. The first-order chi connectivity index (χ1) is 14.2. The molecule has 3 saturated heterocycles. The van der Waals surface area contributed by atoms with E-state index in [0.717, 1.165) is 88.9 Å². The lowest BCUT2D eigenvalue weighted by Crippen LogP contribution is -2.52. The molecule has 30 heavy (non-hydrogen) atoms. The number of aromatic amines is 1. The number of hydrogen-bond acceptors (Lipinski definition) is 6. The lowest BCUT2D eigenvalue weighted by molar-refractivity contribution is -0.135. The van der Waals surface area contributed by atoms with Gasteiger partial charge in [-0.15, -0.1) is 12.4 Å². The van der Waals surface area contributed by atoms with Crippen LogP contribution < -0.4 is 15.8 Å². The number of likely N-dealkylation sites (tertiary alicyclic amines) is 1. The van der Waals surface area contributed by atoms with E-state index in [0.29, 0.717) is 19.2 Å². The number of nitrogens with one attached hydrogen (secondary N) is 2. The highest BCUT2D eigenvalue weighted by atomic mass is 35.5. The van der Waals surface area contributed by atoms with Gasteiger partial charge in [-0.2, -0.15) is 0 Å². The fourth-order valence-electron chi connectivity index (χ4n) is 5.49. The zero-order chi connectivity index (χ0) is 19.8. The molecule has 0 bridgehead atoms. The summed E-state index contributed by atoms with van der Waals surface area (Å²) in [6, 6.07) is -0.0115. The second kappa shape index (κ2) is 8.85. The van der Waals surface area contributed by atoms with Crippen molar-refractivity contribution in [3.05, 3.63) is 21.6 Å². The average Bonchev–Trinajstić information content (AvgIpc) is 3.13. The van der Waals surface area contributed by atoms with Gasteiger partial charge in [-0.25, -0.2) is 4.98 Å². The molecule has 5 rings (SSSR count). The Morgan fingerprint density at radius 2 is 1.87 bits per heavy atom. The molecule has 0 saturated carbocycles. The van der Waals surface area contributed by atoms with Crippen LogP contribution in [0.15, 0.2) is 4.79 Å². The molecule has 1 unspecified atom stereocenters. The minimum Gasteiger partial charge on any atom is -0.378 e. The summed E-state index contributed by atoms with van der Waals surface area (Å²) in [4.78, 5) is 37.8. The van der Waals surface area contributed by atoms with E-state index in [1.165, 1.54) is 0 Å². The van der Waals surface area contributed by atoms with E-state index in [-0.39, 0.29) is 35.3 Å². The van der Waals surface area contributed by atoms with Crippen LogP contribution in [-0.2, 0) is 21.4 Å². The standard InChI is InChI=1S/C21H31N5O3.ClH/c27-18-15-4-5-21(17(15)23-20(24-18)26-11-13-29-14-12-26)6-9-25(10-7-21)19(28)16-3-1-2-8-22-16;/h16,22H,1-14H2,(H,23,24,27);1H. The first-order valence-corrected chi connectivity index (χ1v) is 11.1. The highest BCUT2D eigenvalue weighted by Crippen LogP contribution is 2.44. The quantitative estimate of drug-likeness (QED) is 0.716. The van der Waals surface area contributed by atoms with Crippen molar-refractivity contribution in [2.24, 2.45) is 0 Å². The second-order valence-corrected chi connectivity index (χ2v) is 8.92. The molecule has 1 atom stereocenters. The molecule has 8 nitrogen and oxygen atoms in total. The Bertz CT molecular complexity index is 824. The third kappa shape index (κ3) is 3.85. The van der Waals surface area contributed by atoms with E-state index in [2.05, 4.69) is 15.2 Å². The SMILES string of the molecule is Cl.O=C(C1CCCCN1)N1CCC2(CCc3c2nc(N2CCOCC2)[nH]c3=O)CC1. The van der Waals surface area contributed by atoms with Gasteiger partial charge in [-0.1, -0.05) is 6.42 Å². The van der Waals surface area contributed by atoms with Crippen molar-refractivity contribution in [2.75, 3.05) is 50.8 Å². The van der Waals surface area contributed by atoms with Crippen molar-refractivity contribution >= 4 is 24.3 Å². The van der Waals surface area contributed by atoms with Crippen molar-refractivity contribution < 1.29 is 9.53 Å². The summed E-state index contributed by atoms with van der Waals surface area (Å²) in [5.41, 5.74) is 1.81. The van der Waals surface area contributed by atoms with Crippen LogP contribution in [0.4, 0.5) is 5.95 Å². The Morgan fingerprint density at radius 3 is 2.57 bits per heavy atom. The molecule has 166 valence electrons. The highest BCUT2D eigenvalue weighted by Gasteiger charge is 2.45. The number of piperidine rings is 2. The first-order valence-electron chi connectivity index (χ1n) is 11.1. The molecule has 3 aliphatic heterocycles. The van der Waals surface area contributed by atoms with Gasteiger partial charge in [0.1, 0.15) is 0 Å². The lowest BCUT2D eigenvalue weighted by atomic mass is 9.76. The zero-order valence-electron chi connectivity index (χ0n) is 17.5. The fourth-order valence-corrected chi connectivity index (χ4v) is 5.49. The molecule has 3 fully saturated rings. The second-order valence-electron chi connectivity index (χ2n) is 8.92. The Kier molecular flexibility index (Phi) is 6.36. The Balaban J connectivity index is 0.00000218. The zero-order valence-corrected chi connectivity index (χ0v) is 18.3. The molecule has 1 aromatic rings. The number of amides is 1. The molecule has 1 amide bonds. The number of rotatable bonds is 2. The minimum absolute atomic E-state index is 0. The van der Waals surface area contributed by atoms with Gasteiger partial charge in [0.25, 0.3) is 5.56 Å². The monoisotopic (exact) mass is 437 g/mol. The summed E-state index contributed by atoms with van der Waals surface area (Å²) in [7, 11) is 0. The number of nitrogens with zero attached hydrogens (tertiary/aromatic N) is 3. The minimum atomic E-state index is -0.0542. The molecule has 1 spiro atoms. The Morgan fingerprint density at radius 1 is 1.10 bits per heavy atom. The smallest absolute Gasteiger partial charge is 0.255 e. The van der Waals surface area contributed by atoms with Crippen LogP contribution in [0.2, 0.25) is 0 Å². The van der Waals surface area contributed by atoms with E-state index in [1.807, 2.05) is 4.90 Å². The van der Waals surface area contributed by atoms with Crippen LogP contribution in [0.3, 0.4) is 0 Å².